The molecule has 2 nitrogen and oxygen atoms in total. The van der Waals surface area contributed by atoms with E-state index < -0.39 is 11.4 Å². The van der Waals surface area contributed by atoms with Crippen LogP contribution >= 0.6 is 0 Å². The van der Waals surface area contributed by atoms with Crippen molar-refractivity contribution in [1.29, 1.82) is 0 Å². The monoisotopic (exact) mass is 318 g/mol. The Morgan fingerprint density at radius 2 is 1.39 bits per heavy atom. The lowest BCUT2D eigenvalue weighted by atomic mass is 9.84. The highest BCUT2D eigenvalue weighted by molar-refractivity contribution is 5.38. The highest BCUT2D eigenvalue weighted by Gasteiger charge is 2.49. The van der Waals surface area contributed by atoms with E-state index in [1.165, 1.54) is 24.3 Å². The molecule has 122 valence electrons. The van der Waals surface area contributed by atoms with E-state index in [0.29, 0.717) is 19.4 Å². The van der Waals surface area contributed by atoms with Gasteiger partial charge in [-0.3, -0.25) is 0 Å². The van der Waals surface area contributed by atoms with Crippen molar-refractivity contribution in [2.45, 2.75) is 38.1 Å². The zero-order valence-corrected chi connectivity index (χ0v) is 13.3. The Morgan fingerprint density at radius 1 is 0.913 bits per heavy atom. The van der Waals surface area contributed by atoms with Gasteiger partial charge in [0, 0.05) is 13.0 Å². The molecule has 2 aromatic rings. The van der Waals surface area contributed by atoms with Crippen molar-refractivity contribution in [2.75, 3.05) is 6.61 Å². The molecule has 1 fully saturated rings. The molecule has 1 aliphatic rings. The minimum atomic E-state index is -0.759. The summed E-state index contributed by atoms with van der Waals surface area (Å²) in [4.78, 5) is 0. The second kappa shape index (κ2) is 6.02. The predicted molar refractivity (Wildman–Crippen MR) is 83.9 cm³/mol. The number of halogens is 2. The molecule has 23 heavy (non-hydrogen) atoms. The van der Waals surface area contributed by atoms with Crippen molar-refractivity contribution in [2.24, 2.45) is 0 Å². The summed E-state index contributed by atoms with van der Waals surface area (Å²) in [5.41, 5.74) is 0.925. The second-order valence-electron chi connectivity index (χ2n) is 6.01. The third-order valence-corrected chi connectivity index (χ3v) is 4.39. The number of rotatable bonds is 4. The van der Waals surface area contributed by atoms with E-state index >= 15 is 0 Å². The summed E-state index contributed by atoms with van der Waals surface area (Å²) in [5.74, 6) is -1.31. The van der Waals surface area contributed by atoms with Crippen LogP contribution in [-0.4, -0.2) is 12.4 Å². The zero-order valence-electron chi connectivity index (χ0n) is 13.3. The van der Waals surface area contributed by atoms with Crippen molar-refractivity contribution in [3.8, 4) is 0 Å². The highest BCUT2D eigenvalue weighted by Crippen LogP contribution is 2.49. The molecule has 0 aromatic heterocycles. The minimum Gasteiger partial charge on any atom is -0.350 e. The van der Waals surface area contributed by atoms with Gasteiger partial charge in [0.1, 0.15) is 17.2 Å². The van der Waals surface area contributed by atoms with Gasteiger partial charge in [0.25, 0.3) is 0 Å². The molecule has 0 spiro atoms. The van der Waals surface area contributed by atoms with E-state index in [4.69, 9.17) is 9.47 Å². The fourth-order valence-corrected chi connectivity index (χ4v) is 3.29. The van der Waals surface area contributed by atoms with Crippen LogP contribution in [-0.2, 0) is 15.1 Å². The average molecular weight is 318 g/mol. The average Bonchev–Trinajstić information content (AvgIpc) is 2.88. The summed E-state index contributed by atoms with van der Waals surface area (Å²) < 4.78 is 38.8. The minimum absolute atomic E-state index is 0.298. The van der Waals surface area contributed by atoms with Crippen LogP contribution in [0, 0.1) is 11.6 Å². The summed E-state index contributed by atoms with van der Waals surface area (Å²) in [6.07, 6.45) is 1.39. The van der Waals surface area contributed by atoms with Gasteiger partial charge in [0.15, 0.2) is 5.79 Å². The van der Waals surface area contributed by atoms with E-state index in [-0.39, 0.29) is 11.6 Å². The maximum absolute atomic E-state index is 13.3. The molecular formula is C19H20F2O2. The SMILES string of the molecule is CCOC1(C)CCC(c2ccc(F)cc2)(c2ccc(F)cc2)O1. The summed E-state index contributed by atoms with van der Waals surface area (Å²) in [6.45, 7) is 4.37. The van der Waals surface area contributed by atoms with E-state index in [2.05, 4.69) is 0 Å². The Balaban J connectivity index is 2.07. The normalized spacial score (nSPS) is 23.1. The van der Waals surface area contributed by atoms with Gasteiger partial charge in [-0.25, -0.2) is 8.78 Å². The van der Waals surface area contributed by atoms with Gasteiger partial charge in [-0.2, -0.15) is 0 Å². The number of benzene rings is 2. The largest absolute Gasteiger partial charge is 0.350 e. The van der Waals surface area contributed by atoms with E-state index in [1.54, 1.807) is 24.3 Å². The summed E-state index contributed by atoms with van der Waals surface area (Å²) in [6, 6.07) is 12.5. The molecule has 1 heterocycles. The molecule has 3 rings (SSSR count). The molecule has 4 heteroatoms. The maximum Gasteiger partial charge on any atom is 0.167 e. The second-order valence-corrected chi connectivity index (χ2v) is 6.01. The molecule has 1 unspecified atom stereocenters. The first-order chi connectivity index (χ1) is 11.0. The molecule has 1 saturated heterocycles. The standard InChI is InChI=1S/C19H20F2O2/c1-3-22-18(2)12-13-19(23-18,14-4-8-16(20)9-5-14)15-6-10-17(21)11-7-15/h4-11H,3,12-13H2,1-2H3. The smallest absolute Gasteiger partial charge is 0.167 e. The van der Waals surface area contributed by atoms with Gasteiger partial charge in [-0.1, -0.05) is 24.3 Å². The Kier molecular flexibility index (Phi) is 4.21. The van der Waals surface area contributed by atoms with Gasteiger partial charge in [0.05, 0.1) is 0 Å². The lowest BCUT2D eigenvalue weighted by molar-refractivity contribution is -0.233. The Hall–Kier alpha value is -1.78. The highest BCUT2D eigenvalue weighted by atomic mass is 19.1. The first-order valence-corrected chi connectivity index (χ1v) is 7.84. The maximum atomic E-state index is 13.3. The Morgan fingerprint density at radius 3 is 1.83 bits per heavy atom. The lowest BCUT2D eigenvalue weighted by Gasteiger charge is -2.34. The number of ether oxygens (including phenoxy) is 2. The van der Waals surface area contributed by atoms with Gasteiger partial charge in [0.2, 0.25) is 0 Å². The van der Waals surface area contributed by atoms with Crippen LogP contribution in [0.25, 0.3) is 0 Å². The first kappa shape index (κ1) is 16.1. The van der Waals surface area contributed by atoms with E-state index in [0.717, 1.165) is 11.1 Å². The fraction of sp³-hybridized carbons (Fsp3) is 0.368. The van der Waals surface area contributed by atoms with Crippen molar-refractivity contribution in [3.63, 3.8) is 0 Å². The fourth-order valence-electron chi connectivity index (χ4n) is 3.29. The van der Waals surface area contributed by atoms with Gasteiger partial charge in [-0.05, 0) is 55.7 Å². The summed E-state index contributed by atoms with van der Waals surface area (Å²) >= 11 is 0. The third-order valence-electron chi connectivity index (χ3n) is 4.39. The van der Waals surface area contributed by atoms with Gasteiger partial charge >= 0.3 is 0 Å². The predicted octanol–water partition coefficient (Wildman–Crippen LogP) is 4.77. The van der Waals surface area contributed by atoms with Gasteiger partial charge in [-0.15, -0.1) is 0 Å². The van der Waals surface area contributed by atoms with Crippen LogP contribution in [0.15, 0.2) is 48.5 Å². The van der Waals surface area contributed by atoms with Crippen molar-refractivity contribution < 1.29 is 18.3 Å². The van der Waals surface area contributed by atoms with Crippen LogP contribution in [0.2, 0.25) is 0 Å². The van der Waals surface area contributed by atoms with Gasteiger partial charge < -0.3 is 9.47 Å². The summed E-state index contributed by atoms with van der Waals surface area (Å²) in [7, 11) is 0. The van der Waals surface area contributed by atoms with Crippen LogP contribution < -0.4 is 0 Å². The number of hydrogen-bond donors (Lipinski definition) is 0. The molecule has 0 amide bonds. The molecule has 1 atom stereocenters. The molecule has 0 aliphatic carbocycles. The van der Waals surface area contributed by atoms with Crippen LogP contribution in [0.4, 0.5) is 8.78 Å². The first-order valence-electron chi connectivity index (χ1n) is 7.84. The Labute approximate surface area is 135 Å². The lowest BCUT2D eigenvalue weighted by Crippen LogP contribution is -2.35. The molecule has 0 N–H and O–H groups in total. The van der Waals surface area contributed by atoms with Crippen LogP contribution in [0.1, 0.15) is 37.8 Å². The molecule has 0 radical (unpaired) electrons. The molecule has 0 saturated carbocycles. The molecule has 1 aliphatic heterocycles. The van der Waals surface area contributed by atoms with Crippen LogP contribution in [0.3, 0.4) is 0 Å². The summed E-state index contributed by atoms with van der Waals surface area (Å²) in [5, 5.41) is 0. The van der Waals surface area contributed by atoms with Crippen molar-refractivity contribution in [1.82, 2.24) is 0 Å². The third kappa shape index (κ3) is 3.01. The molecule has 0 bridgehead atoms. The quantitative estimate of drug-likeness (QED) is 0.808. The topological polar surface area (TPSA) is 18.5 Å². The molecular weight excluding hydrogens is 298 g/mol. The zero-order chi connectivity index (χ0) is 16.5. The van der Waals surface area contributed by atoms with Crippen LogP contribution in [0.5, 0.6) is 0 Å². The number of hydrogen-bond acceptors (Lipinski definition) is 2. The van der Waals surface area contributed by atoms with Crippen molar-refractivity contribution in [3.05, 3.63) is 71.3 Å². The van der Waals surface area contributed by atoms with E-state index in [1.807, 2.05) is 13.8 Å². The molecule has 2 aromatic carbocycles. The van der Waals surface area contributed by atoms with Crippen molar-refractivity contribution >= 4 is 0 Å². The Bertz CT molecular complexity index is 621. The van der Waals surface area contributed by atoms with E-state index in [9.17, 15) is 8.78 Å².